The molecular weight excluding hydrogens is 467 g/mol. The third-order valence-electron chi connectivity index (χ3n) is 5.13. The Bertz CT molecular complexity index is 1020. The summed E-state index contributed by atoms with van der Waals surface area (Å²) in [7, 11) is -4.30. The number of nitrogens with zero attached hydrogens (tertiary/aromatic N) is 2. The molecule has 32 heavy (non-hydrogen) atoms. The van der Waals surface area contributed by atoms with Crippen LogP contribution in [0, 0.1) is 0 Å². The number of likely N-dealkylation sites (N-methyl/N-ethyl adjacent to an activating group) is 1. The van der Waals surface area contributed by atoms with Crippen LogP contribution in [-0.2, 0) is 40.5 Å². The number of fused-ring (bicyclic) bond motifs is 1. The molecule has 2 heterocycles. The quantitative estimate of drug-likeness (QED) is 0.554. The first kappa shape index (κ1) is 24.9. The highest BCUT2D eigenvalue weighted by Gasteiger charge is 2.35. The van der Waals surface area contributed by atoms with Gasteiger partial charge >= 0.3 is 6.18 Å². The van der Waals surface area contributed by atoms with Gasteiger partial charge in [-0.05, 0) is 24.6 Å². The van der Waals surface area contributed by atoms with E-state index in [0.29, 0.717) is 37.1 Å². The smallest absolute Gasteiger partial charge is 0.392 e. The number of aliphatic hydroxyl groups is 1. The van der Waals surface area contributed by atoms with E-state index in [-0.39, 0.29) is 25.3 Å². The Morgan fingerprint density at radius 2 is 2.09 bits per heavy atom. The molecule has 7 nitrogen and oxygen atoms in total. The highest BCUT2D eigenvalue weighted by atomic mass is 32.2. The fourth-order valence-electron chi connectivity index (χ4n) is 3.28. The van der Waals surface area contributed by atoms with Gasteiger partial charge in [0.1, 0.15) is 9.90 Å². The summed E-state index contributed by atoms with van der Waals surface area (Å²) >= 11 is 1.43. The van der Waals surface area contributed by atoms with Crippen LogP contribution in [0.2, 0.25) is 0 Å². The molecule has 2 aromatic rings. The molecule has 3 rings (SSSR count). The molecule has 0 bridgehead atoms. The number of aromatic nitrogens is 1. The SMILES string of the molecule is CCC(O)CN(CC)S(=O)(=O)c1cc(C(F)(F)F)ccc1NCc1nc2c(s1)COCC2. The number of nitrogens with one attached hydrogen (secondary N) is 1. The summed E-state index contributed by atoms with van der Waals surface area (Å²) in [5, 5.41) is 13.6. The maximum atomic E-state index is 13.3. The minimum atomic E-state index is -4.70. The minimum absolute atomic E-state index is 0.00821. The number of hydrogen-bond acceptors (Lipinski definition) is 7. The van der Waals surface area contributed by atoms with Crippen molar-refractivity contribution in [2.75, 3.05) is 25.0 Å². The second-order valence-corrected chi connectivity index (χ2v) is 10.4. The highest BCUT2D eigenvalue weighted by Crippen LogP contribution is 2.35. The molecule has 178 valence electrons. The van der Waals surface area contributed by atoms with Crippen molar-refractivity contribution in [3.63, 3.8) is 0 Å². The molecule has 1 aromatic carbocycles. The third kappa shape index (κ3) is 5.60. The highest BCUT2D eigenvalue weighted by molar-refractivity contribution is 7.89. The normalized spacial score (nSPS) is 15.6. The number of anilines is 1. The molecule has 0 amide bonds. The van der Waals surface area contributed by atoms with Crippen LogP contribution in [0.25, 0.3) is 0 Å². The van der Waals surface area contributed by atoms with E-state index in [0.717, 1.165) is 27.0 Å². The number of aliphatic hydroxyl groups excluding tert-OH is 1. The first-order valence-electron chi connectivity index (χ1n) is 10.2. The second kappa shape index (κ2) is 10.0. The summed E-state index contributed by atoms with van der Waals surface area (Å²) < 4.78 is 72.9. The molecule has 1 aromatic heterocycles. The van der Waals surface area contributed by atoms with E-state index < -0.39 is 32.8 Å². The van der Waals surface area contributed by atoms with Gasteiger partial charge in [-0.15, -0.1) is 11.3 Å². The fraction of sp³-hybridized carbons (Fsp3) is 0.550. The van der Waals surface area contributed by atoms with Crippen LogP contribution in [0.3, 0.4) is 0 Å². The number of hydrogen-bond donors (Lipinski definition) is 2. The van der Waals surface area contributed by atoms with E-state index in [9.17, 15) is 26.7 Å². The average molecular weight is 494 g/mol. The molecule has 1 aliphatic rings. The average Bonchev–Trinajstić information content (AvgIpc) is 3.17. The van der Waals surface area contributed by atoms with Gasteiger partial charge in [0, 0.05) is 19.5 Å². The van der Waals surface area contributed by atoms with Crippen LogP contribution < -0.4 is 5.32 Å². The van der Waals surface area contributed by atoms with Gasteiger partial charge in [-0.2, -0.15) is 17.5 Å². The number of alkyl halides is 3. The maximum Gasteiger partial charge on any atom is 0.416 e. The molecule has 12 heteroatoms. The van der Waals surface area contributed by atoms with E-state index in [1.54, 1.807) is 13.8 Å². The van der Waals surface area contributed by atoms with Gasteiger partial charge in [0.15, 0.2) is 0 Å². The van der Waals surface area contributed by atoms with Gasteiger partial charge in [0.25, 0.3) is 0 Å². The fourth-order valence-corrected chi connectivity index (χ4v) is 5.96. The van der Waals surface area contributed by atoms with Gasteiger partial charge < -0.3 is 15.2 Å². The third-order valence-corrected chi connectivity index (χ3v) is 8.19. The van der Waals surface area contributed by atoms with Crippen molar-refractivity contribution in [3.05, 3.63) is 39.3 Å². The lowest BCUT2D eigenvalue weighted by molar-refractivity contribution is -0.137. The maximum absolute atomic E-state index is 13.3. The van der Waals surface area contributed by atoms with Crippen molar-refractivity contribution >= 4 is 27.0 Å². The monoisotopic (exact) mass is 493 g/mol. The van der Waals surface area contributed by atoms with Gasteiger partial charge in [0.2, 0.25) is 10.0 Å². The molecule has 0 saturated heterocycles. The standard InChI is InChI=1S/C20H26F3N3O4S2/c1-3-14(27)11-26(4-2)32(28,29)18-9-13(20(21,22)23)5-6-16(18)24-10-19-25-15-7-8-30-12-17(15)31-19/h5-6,9,14,24,27H,3-4,7-8,10-12H2,1-2H3. The Balaban J connectivity index is 1.94. The largest absolute Gasteiger partial charge is 0.416 e. The van der Waals surface area contributed by atoms with Crippen LogP contribution in [0.15, 0.2) is 23.1 Å². The topological polar surface area (TPSA) is 91.8 Å². The van der Waals surface area contributed by atoms with Crippen molar-refractivity contribution < 1.29 is 31.4 Å². The summed E-state index contributed by atoms with van der Waals surface area (Å²) in [6.45, 7) is 4.29. The zero-order valence-electron chi connectivity index (χ0n) is 17.8. The van der Waals surface area contributed by atoms with Crippen LogP contribution in [-0.4, -0.2) is 48.6 Å². The Labute approximate surface area is 189 Å². The Morgan fingerprint density at radius 3 is 2.72 bits per heavy atom. The first-order chi connectivity index (χ1) is 15.1. The van der Waals surface area contributed by atoms with Gasteiger partial charge in [-0.25, -0.2) is 13.4 Å². The summed E-state index contributed by atoms with van der Waals surface area (Å²) in [5.41, 5.74) is -0.0773. The summed E-state index contributed by atoms with van der Waals surface area (Å²) in [6.07, 6.45) is -4.61. The summed E-state index contributed by atoms with van der Waals surface area (Å²) in [5.74, 6) is 0. The summed E-state index contributed by atoms with van der Waals surface area (Å²) in [6, 6.07) is 2.61. The van der Waals surface area contributed by atoms with Crippen LogP contribution in [0.5, 0.6) is 0 Å². The number of benzene rings is 1. The van der Waals surface area contributed by atoms with Crippen LogP contribution in [0.4, 0.5) is 18.9 Å². The predicted octanol–water partition coefficient (Wildman–Crippen LogP) is 3.63. The first-order valence-corrected chi connectivity index (χ1v) is 12.5. The molecular formula is C20H26F3N3O4S2. The molecule has 0 radical (unpaired) electrons. The zero-order chi connectivity index (χ0) is 23.5. The zero-order valence-corrected chi connectivity index (χ0v) is 19.4. The van der Waals surface area contributed by atoms with Gasteiger partial charge in [-0.1, -0.05) is 13.8 Å². The predicted molar refractivity (Wildman–Crippen MR) is 115 cm³/mol. The molecule has 1 aliphatic heterocycles. The Hall–Kier alpha value is -1.73. The van der Waals surface area contributed by atoms with Crippen molar-refractivity contribution in [1.82, 2.24) is 9.29 Å². The lowest BCUT2D eigenvalue weighted by Gasteiger charge is -2.25. The number of thiazole rings is 1. The Morgan fingerprint density at radius 1 is 1.34 bits per heavy atom. The van der Waals surface area contributed by atoms with Crippen molar-refractivity contribution in [2.24, 2.45) is 0 Å². The molecule has 1 unspecified atom stereocenters. The van der Waals surface area contributed by atoms with Crippen LogP contribution in [0.1, 0.15) is 41.4 Å². The van der Waals surface area contributed by atoms with Gasteiger partial charge in [0.05, 0.1) is 47.7 Å². The second-order valence-electron chi connectivity index (χ2n) is 7.36. The van der Waals surface area contributed by atoms with Crippen molar-refractivity contribution in [3.8, 4) is 0 Å². The Kier molecular flexibility index (Phi) is 7.81. The van der Waals surface area contributed by atoms with Gasteiger partial charge in [-0.3, -0.25) is 0 Å². The molecule has 0 spiro atoms. The van der Waals surface area contributed by atoms with E-state index >= 15 is 0 Å². The van der Waals surface area contributed by atoms with Crippen LogP contribution >= 0.6 is 11.3 Å². The van der Waals surface area contributed by atoms with E-state index in [1.807, 2.05) is 0 Å². The number of sulfonamides is 1. The van der Waals surface area contributed by atoms with E-state index in [4.69, 9.17) is 4.74 Å². The van der Waals surface area contributed by atoms with Crippen molar-refractivity contribution in [1.29, 1.82) is 0 Å². The minimum Gasteiger partial charge on any atom is -0.392 e. The van der Waals surface area contributed by atoms with E-state index in [2.05, 4.69) is 10.3 Å². The number of rotatable bonds is 9. The molecule has 0 saturated carbocycles. The molecule has 2 N–H and O–H groups in total. The summed E-state index contributed by atoms with van der Waals surface area (Å²) in [4.78, 5) is 5.03. The number of ether oxygens (including phenoxy) is 1. The molecule has 0 aliphatic carbocycles. The lowest BCUT2D eigenvalue weighted by atomic mass is 10.2. The molecule has 0 fully saturated rings. The molecule has 1 atom stereocenters. The van der Waals surface area contributed by atoms with Crippen molar-refractivity contribution in [2.45, 2.75) is 57.0 Å². The lowest BCUT2D eigenvalue weighted by Crippen LogP contribution is -2.37. The van der Waals surface area contributed by atoms with E-state index in [1.165, 1.54) is 11.3 Å². The number of halogens is 3.